The summed E-state index contributed by atoms with van der Waals surface area (Å²) in [6.07, 6.45) is -2.96. The van der Waals surface area contributed by atoms with E-state index in [2.05, 4.69) is 5.10 Å². The summed E-state index contributed by atoms with van der Waals surface area (Å²) in [7, 11) is 1.41. The van der Waals surface area contributed by atoms with Crippen LogP contribution in [-0.4, -0.2) is 39.9 Å². The molecule has 26 heavy (non-hydrogen) atoms. The molecule has 9 heteroatoms. The average molecular weight is 363 g/mol. The second kappa shape index (κ2) is 6.72. The number of halogens is 2. The van der Waals surface area contributed by atoms with Crippen LogP contribution in [0.4, 0.5) is 8.78 Å². The quantitative estimate of drug-likeness (QED) is 0.877. The Morgan fingerprint density at radius 1 is 1.38 bits per heavy atom. The molecule has 1 aliphatic rings. The van der Waals surface area contributed by atoms with Gasteiger partial charge < -0.3 is 14.6 Å². The first kappa shape index (κ1) is 17.8. The molecule has 2 heterocycles. The highest BCUT2D eigenvalue weighted by Gasteiger charge is 2.51. The second-order valence-electron chi connectivity index (χ2n) is 5.92. The zero-order valence-corrected chi connectivity index (χ0v) is 13.7. The summed E-state index contributed by atoms with van der Waals surface area (Å²) in [5.41, 5.74) is -2.00. The van der Waals surface area contributed by atoms with E-state index < -0.39 is 31.2 Å². The Balaban J connectivity index is 2.09. The molecule has 0 unspecified atom stereocenters. The number of nitriles is 1. The maximum absolute atomic E-state index is 13.6. The standard InChI is InChI=1S/C17H15F2N3O4/c1-22-14(23)5-4-13(21-22)25-15-11-6-10(7-20)2-3-12(11)26-17(8-18,9-19)16(15)24/h2-6,15-16,24H,8-9H2,1H3/t15-,16+/m0/s1. The summed E-state index contributed by atoms with van der Waals surface area (Å²) in [5, 5.41) is 23.5. The fourth-order valence-electron chi connectivity index (χ4n) is 2.71. The van der Waals surface area contributed by atoms with Gasteiger partial charge in [-0.15, -0.1) is 5.10 Å². The molecule has 0 saturated carbocycles. The molecule has 1 aromatic carbocycles. The summed E-state index contributed by atoms with van der Waals surface area (Å²) >= 11 is 0. The lowest BCUT2D eigenvalue weighted by atomic mass is 9.86. The Morgan fingerprint density at radius 3 is 2.73 bits per heavy atom. The molecule has 0 aliphatic carbocycles. The van der Waals surface area contributed by atoms with Gasteiger partial charge in [0.1, 0.15) is 25.2 Å². The third-order valence-electron chi connectivity index (χ3n) is 4.22. The van der Waals surface area contributed by atoms with Crippen molar-refractivity contribution in [2.45, 2.75) is 17.8 Å². The van der Waals surface area contributed by atoms with Crippen molar-refractivity contribution in [1.29, 1.82) is 5.26 Å². The van der Waals surface area contributed by atoms with E-state index in [-0.39, 0.29) is 28.3 Å². The molecule has 0 saturated heterocycles. The van der Waals surface area contributed by atoms with Gasteiger partial charge in [-0.2, -0.15) is 5.26 Å². The molecule has 3 rings (SSSR count). The first-order valence-corrected chi connectivity index (χ1v) is 7.68. The van der Waals surface area contributed by atoms with E-state index in [9.17, 15) is 18.7 Å². The number of benzene rings is 1. The lowest BCUT2D eigenvalue weighted by Crippen LogP contribution is -2.57. The van der Waals surface area contributed by atoms with Gasteiger partial charge in [-0.3, -0.25) is 4.79 Å². The van der Waals surface area contributed by atoms with Gasteiger partial charge in [-0.25, -0.2) is 13.5 Å². The molecule has 1 aromatic heterocycles. The number of hydrogen-bond acceptors (Lipinski definition) is 6. The van der Waals surface area contributed by atoms with Gasteiger partial charge >= 0.3 is 0 Å². The van der Waals surface area contributed by atoms with Crippen molar-refractivity contribution in [3.8, 4) is 17.7 Å². The minimum atomic E-state index is -2.13. The van der Waals surface area contributed by atoms with E-state index in [0.29, 0.717) is 0 Å². The lowest BCUT2D eigenvalue weighted by Gasteiger charge is -2.42. The topological polar surface area (TPSA) is 97.4 Å². The molecular formula is C17H15F2N3O4. The Morgan fingerprint density at radius 2 is 2.12 bits per heavy atom. The van der Waals surface area contributed by atoms with Crippen LogP contribution in [0.25, 0.3) is 0 Å². The first-order chi connectivity index (χ1) is 12.4. The van der Waals surface area contributed by atoms with Crippen molar-refractivity contribution in [1.82, 2.24) is 9.78 Å². The molecule has 1 N–H and O–H groups in total. The SMILES string of the molecule is Cn1nc(O[C@H]2c3cc(C#N)ccc3OC(CF)(CF)[C@@H]2O)ccc1=O. The molecule has 2 atom stereocenters. The normalized spacial score (nSPS) is 20.6. The largest absolute Gasteiger partial charge is 0.478 e. The molecule has 1 aliphatic heterocycles. The molecule has 0 spiro atoms. The lowest BCUT2D eigenvalue weighted by molar-refractivity contribution is -0.139. The predicted molar refractivity (Wildman–Crippen MR) is 85.3 cm³/mol. The zero-order valence-electron chi connectivity index (χ0n) is 13.7. The van der Waals surface area contributed by atoms with Gasteiger partial charge in [-0.1, -0.05) is 0 Å². The Bertz CT molecular complexity index is 921. The minimum Gasteiger partial charge on any atom is -0.478 e. The smallest absolute Gasteiger partial charge is 0.266 e. The van der Waals surface area contributed by atoms with Crippen LogP contribution in [0.2, 0.25) is 0 Å². The molecule has 0 radical (unpaired) electrons. The Kier molecular flexibility index (Phi) is 4.61. The van der Waals surface area contributed by atoms with Crippen LogP contribution >= 0.6 is 0 Å². The van der Waals surface area contributed by atoms with Crippen molar-refractivity contribution >= 4 is 0 Å². The minimum absolute atomic E-state index is 0.0297. The van der Waals surface area contributed by atoms with Gasteiger partial charge in [0.25, 0.3) is 5.56 Å². The number of alkyl halides is 2. The summed E-state index contributed by atoms with van der Waals surface area (Å²) in [6, 6.07) is 8.66. The van der Waals surface area contributed by atoms with Crippen LogP contribution in [-0.2, 0) is 7.05 Å². The number of aliphatic hydroxyl groups excluding tert-OH is 1. The van der Waals surface area contributed by atoms with Crippen molar-refractivity contribution in [3.63, 3.8) is 0 Å². The summed E-state index contributed by atoms with van der Waals surface area (Å²) in [6.45, 7) is -2.57. The van der Waals surface area contributed by atoms with Crippen LogP contribution in [0.15, 0.2) is 35.1 Å². The number of nitrogens with zero attached hydrogens (tertiary/aromatic N) is 3. The van der Waals surface area contributed by atoms with Gasteiger partial charge in [0.15, 0.2) is 11.7 Å². The highest BCUT2D eigenvalue weighted by Crippen LogP contribution is 2.42. The third-order valence-corrected chi connectivity index (χ3v) is 4.22. The fourth-order valence-corrected chi connectivity index (χ4v) is 2.71. The summed E-state index contributed by atoms with van der Waals surface area (Å²) in [4.78, 5) is 11.4. The molecule has 2 aromatic rings. The predicted octanol–water partition coefficient (Wildman–Crippen LogP) is 1.20. The van der Waals surface area contributed by atoms with Gasteiger partial charge in [0.05, 0.1) is 11.6 Å². The van der Waals surface area contributed by atoms with Gasteiger partial charge in [-0.05, 0) is 18.2 Å². The van der Waals surface area contributed by atoms with Crippen LogP contribution in [0, 0.1) is 11.3 Å². The number of fused-ring (bicyclic) bond motifs is 1. The monoisotopic (exact) mass is 363 g/mol. The van der Waals surface area contributed by atoms with Crippen LogP contribution in [0.1, 0.15) is 17.2 Å². The number of aryl methyl sites for hydroxylation is 1. The number of hydrogen-bond donors (Lipinski definition) is 1. The molecule has 0 fully saturated rings. The van der Waals surface area contributed by atoms with Gasteiger partial charge in [0, 0.05) is 24.7 Å². The fraction of sp³-hybridized carbons (Fsp3) is 0.353. The van der Waals surface area contributed by atoms with Crippen LogP contribution in [0.3, 0.4) is 0 Å². The van der Waals surface area contributed by atoms with E-state index in [1.807, 2.05) is 6.07 Å². The average Bonchev–Trinajstić information content (AvgIpc) is 2.66. The van der Waals surface area contributed by atoms with E-state index in [1.165, 1.54) is 37.4 Å². The number of rotatable bonds is 4. The van der Waals surface area contributed by atoms with Crippen molar-refractivity contribution < 1.29 is 23.4 Å². The summed E-state index contributed by atoms with van der Waals surface area (Å²) in [5.74, 6) is 0.0670. The first-order valence-electron chi connectivity index (χ1n) is 7.68. The maximum Gasteiger partial charge on any atom is 0.266 e. The molecular weight excluding hydrogens is 348 g/mol. The van der Waals surface area contributed by atoms with E-state index in [1.54, 1.807) is 0 Å². The van der Waals surface area contributed by atoms with E-state index >= 15 is 0 Å². The Labute approximate surface area is 147 Å². The molecule has 7 nitrogen and oxygen atoms in total. The molecule has 0 amide bonds. The van der Waals surface area contributed by atoms with Crippen molar-refractivity contribution in [3.05, 3.63) is 51.8 Å². The van der Waals surface area contributed by atoms with E-state index in [0.717, 1.165) is 4.68 Å². The van der Waals surface area contributed by atoms with Crippen molar-refractivity contribution in [2.75, 3.05) is 13.3 Å². The van der Waals surface area contributed by atoms with Crippen LogP contribution in [0.5, 0.6) is 11.6 Å². The van der Waals surface area contributed by atoms with Crippen molar-refractivity contribution in [2.24, 2.45) is 7.05 Å². The number of ether oxygens (including phenoxy) is 2. The van der Waals surface area contributed by atoms with Gasteiger partial charge in [0.2, 0.25) is 5.88 Å². The highest BCUT2D eigenvalue weighted by molar-refractivity contribution is 5.46. The van der Waals surface area contributed by atoms with E-state index in [4.69, 9.17) is 14.7 Å². The second-order valence-corrected chi connectivity index (χ2v) is 5.92. The van der Waals surface area contributed by atoms with Crippen LogP contribution < -0.4 is 15.0 Å². The maximum atomic E-state index is 13.6. The zero-order chi connectivity index (χ0) is 18.9. The highest BCUT2D eigenvalue weighted by atomic mass is 19.1. The Hall–Kier alpha value is -2.99. The third kappa shape index (κ3) is 2.88. The number of aliphatic hydroxyl groups is 1. The molecule has 0 bridgehead atoms. The summed E-state index contributed by atoms with van der Waals surface area (Å²) < 4.78 is 39.2. The molecule has 136 valence electrons. The number of aromatic nitrogens is 2.